The van der Waals surface area contributed by atoms with Crippen molar-refractivity contribution in [2.24, 2.45) is 0 Å². The number of aromatic nitrogens is 2. The van der Waals surface area contributed by atoms with Crippen molar-refractivity contribution in [3.8, 4) is 11.3 Å². The number of halogens is 3. The highest BCUT2D eigenvalue weighted by molar-refractivity contribution is 7.20. The number of carbonyl (C=O) groups is 1. The minimum absolute atomic E-state index is 0.383. The van der Waals surface area contributed by atoms with Crippen LogP contribution >= 0.6 is 46.1 Å². The summed E-state index contributed by atoms with van der Waals surface area (Å²) < 4.78 is 2.31. The second kappa shape index (κ2) is 6.30. The fourth-order valence-corrected chi connectivity index (χ4v) is 3.42. The Balaban J connectivity index is 1.80. The van der Waals surface area contributed by atoms with E-state index < -0.39 is 0 Å². The summed E-state index contributed by atoms with van der Waals surface area (Å²) in [4.78, 5) is 12.1. The molecule has 4 nitrogen and oxygen atoms in total. The molecule has 1 N–H and O–H groups in total. The maximum atomic E-state index is 12.1. The molecule has 2 aromatic heterocycles. The lowest BCUT2D eigenvalue weighted by atomic mass is 10.2. The van der Waals surface area contributed by atoms with Crippen LogP contribution in [0.1, 0.15) is 0 Å². The Labute approximate surface area is 145 Å². The quantitative estimate of drug-likeness (QED) is 0.631. The fraction of sp³-hybridized carbons (Fsp3) is 0. The van der Waals surface area contributed by atoms with E-state index in [0.29, 0.717) is 30.6 Å². The van der Waals surface area contributed by atoms with Gasteiger partial charge in [0.1, 0.15) is 4.34 Å². The second-order valence-corrected chi connectivity index (χ2v) is 7.04. The highest BCUT2D eigenvalue weighted by atomic mass is 35.5. The van der Waals surface area contributed by atoms with Crippen LogP contribution in [0.25, 0.3) is 11.3 Å². The van der Waals surface area contributed by atoms with Gasteiger partial charge in [-0.1, -0.05) is 34.8 Å². The van der Waals surface area contributed by atoms with Crippen LogP contribution in [0.3, 0.4) is 0 Å². The molecule has 2 heterocycles. The lowest BCUT2D eigenvalue weighted by Crippen LogP contribution is -2.19. The van der Waals surface area contributed by atoms with Crippen LogP contribution in [0.2, 0.25) is 13.7 Å². The van der Waals surface area contributed by atoms with Gasteiger partial charge in [-0.3, -0.25) is 0 Å². The molecule has 0 spiro atoms. The van der Waals surface area contributed by atoms with Gasteiger partial charge < -0.3 is 5.32 Å². The Morgan fingerprint density at radius 1 is 1.14 bits per heavy atom. The van der Waals surface area contributed by atoms with E-state index in [9.17, 15) is 4.79 Å². The SMILES string of the molecule is O=C(Nc1ccc(Cl)cc1)n1ccc(-c2cc(Cl)sc2Cl)n1. The third-order valence-corrected chi connectivity index (χ3v) is 4.56. The second-order valence-electron chi connectivity index (χ2n) is 4.32. The number of nitrogens with one attached hydrogen (secondary N) is 1. The molecule has 0 aliphatic heterocycles. The van der Waals surface area contributed by atoms with Crippen molar-refractivity contribution in [3.63, 3.8) is 0 Å². The number of rotatable bonds is 2. The van der Waals surface area contributed by atoms with Gasteiger partial charge in [-0.15, -0.1) is 11.3 Å². The first-order chi connectivity index (χ1) is 10.5. The van der Waals surface area contributed by atoms with E-state index in [0.717, 1.165) is 0 Å². The topological polar surface area (TPSA) is 46.9 Å². The molecule has 0 aliphatic rings. The zero-order chi connectivity index (χ0) is 15.7. The predicted molar refractivity (Wildman–Crippen MR) is 91.4 cm³/mol. The number of nitrogens with zero attached hydrogens (tertiary/aromatic N) is 2. The largest absolute Gasteiger partial charge is 0.346 e. The number of hydrogen-bond donors (Lipinski definition) is 1. The molecular weight excluding hydrogens is 365 g/mol. The van der Waals surface area contributed by atoms with Crippen LogP contribution in [-0.4, -0.2) is 15.8 Å². The summed E-state index contributed by atoms with van der Waals surface area (Å²) in [6.45, 7) is 0. The van der Waals surface area contributed by atoms with E-state index in [1.165, 1.54) is 16.0 Å². The smallest absolute Gasteiger partial charge is 0.306 e. The first-order valence-corrected chi connectivity index (χ1v) is 8.06. The average molecular weight is 373 g/mol. The molecule has 3 aromatic rings. The van der Waals surface area contributed by atoms with Crippen molar-refractivity contribution < 1.29 is 4.79 Å². The van der Waals surface area contributed by atoms with Crippen molar-refractivity contribution >= 4 is 57.9 Å². The van der Waals surface area contributed by atoms with Gasteiger partial charge in [-0.05, 0) is 36.4 Å². The normalized spacial score (nSPS) is 10.7. The zero-order valence-corrected chi connectivity index (χ0v) is 14.0. The maximum Gasteiger partial charge on any atom is 0.346 e. The molecule has 0 saturated carbocycles. The van der Waals surface area contributed by atoms with E-state index in [1.54, 1.807) is 42.6 Å². The predicted octanol–water partition coefficient (Wildman–Crippen LogP) is 5.65. The van der Waals surface area contributed by atoms with Crippen LogP contribution in [0.4, 0.5) is 10.5 Å². The van der Waals surface area contributed by atoms with Gasteiger partial charge in [0.25, 0.3) is 0 Å². The Bertz CT molecular complexity index is 826. The Kier molecular flexibility index (Phi) is 4.40. The highest BCUT2D eigenvalue weighted by Gasteiger charge is 2.13. The molecule has 22 heavy (non-hydrogen) atoms. The molecule has 0 atom stereocenters. The summed E-state index contributed by atoms with van der Waals surface area (Å²) in [6.07, 6.45) is 1.56. The van der Waals surface area contributed by atoms with Crippen molar-refractivity contribution in [3.05, 3.63) is 56.3 Å². The van der Waals surface area contributed by atoms with Crippen LogP contribution < -0.4 is 5.32 Å². The standard InChI is InChI=1S/C14H8Cl3N3OS/c15-8-1-3-9(4-2-8)18-14(21)20-6-5-11(19-20)10-7-12(16)22-13(10)17/h1-7H,(H,18,21). The van der Waals surface area contributed by atoms with Crippen molar-refractivity contribution in [1.82, 2.24) is 9.78 Å². The molecule has 0 unspecified atom stereocenters. The van der Waals surface area contributed by atoms with Crippen molar-refractivity contribution in [1.29, 1.82) is 0 Å². The van der Waals surface area contributed by atoms with Crippen LogP contribution in [0, 0.1) is 0 Å². The van der Waals surface area contributed by atoms with Gasteiger partial charge in [-0.25, -0.2) is 4.79 Å². The molecule has 8 heteroatoms. The Morgan fingerprint density at radius 2 is 1.86 bits per heavy atom. The number of benzene rings is 1. The lowest BCUT2D eigenvalue weighted by Gasteiger charge is -2.04. The molecule has 0 aliphatic carbocycles. The first kappa shape index (κ1) is 15.4. The molecule has 0 saturated heterocycles. The molecule has 0 fully saturated rings. The summed E-state index contributed by atoms with van der Waals surface area (Å²) in [5, 5.41) is 7.53. The zero-order valence-electron chi connectivity index (χ0n) is 10.9. The number of amides is 1. The van der Waals surface area contributed by atoms with E-state index in [2.05, 4.69) is 10.4 Å². The fourth-order valence-electron chi connectivity index (χ4n) is 1.81. The van der Waals surface area contributed by atoms with E-state index in [-0.39, 0.29) is 6.03 Å². The highest BCUT2D eigenvalue weighted by Crippen LogP contribution is 2.37. The monoisotopic (exact) mass is 371 g/mol. The summed E-state index contributed by atoms with van der Waals surface area (Å²) in [5.74, 6) is 0. The number of thiophene rings is 1. The molecule has 112 valence electrons. The number of anilines is 1. The number of hydrogen-bond acceptors (Lipinski definition) is 3. The van der Waals surface area contributed by atoms with Gasteiger partial charge in [0, 0.05) is 22.5 Å². The van der Waals surface area contributed by atoms with E-state index in [1.807, 2.05) is 0 Å². The maximum absolute atomic E-state index is 12.1. The van der Waals surface area contributed by atoms with Gasteiger partial charge in [0.05, 0.1) is 10.0 Å². The summed E-state index contributed by atoms with van der Waals surface area (Å²) in [5.41, 5.74) is 1.91. The average Bonchev–Trinajstić information content (AvgIpc) is 3.08. The minimum Gasteiger partial charge on any atom is -0.306 e. The molecule has 3 rings (SSSR count). The molecule has 0 bridgehead atoms. The Morgan fingerprint density at radius 3 is 2.50 bits per heavy atom. The van der Waals surface area contributed by atoms with Crippen LogP contribution in [0.15, 0.2) is 42.6 Å². The molecular formula is C14H8Cl3N3OS. The van der Waals surface area contributed by atoms with Crippen molar-refractivity contribution in [2.75, 3.05) is 5.32 Å². The van der Waals surface area contributed by atoms with E-state index in [4.69, 9.17) is 34.8 Å². The van der Waals surface area contributed by atoms with Crippen LogP contribution in [-0.2, 0) is 0 Å². The minimum atomic E-state index is -0.383. The van der Waals surface area contributed by atoms with Gasteiger partial charge in [-0.2, -0.15) is 9.78 Å². The van der Waals surface area contributed by atoms with E-state index >= 15 is 0 Å². The molecule has 1 aromatic carbocycles. The Hall–Kier alpha value is -1.53. The third-order valence-electron chi connectivity index (χ3n) is 2.83. The third kappa shape index (κ3) is 3.28. The molecule has 0 radical (unpaired) electrons. The number of carbonyl (C=O) groups excluding carboxylic acids is 1. The first-order valence-electron chi connectivity index (χ1n) is 6.11. The van der Waals surface area contributed by atoms with Gasteiger partial charge in [0.15, 0.2) is 0 Å². The lowest BCUT2D eigenvalue weighted by molar-refractivity contribution is 0.251. The van der Waals surface area contributed by atoms with Crippen molar-refractivity contribution in [2.45, 2.75) is 0 Å². The van der Waals surface area contributed by atoms with Crippen LogP contribution in [0.5, 0.6) is 0 Å². The summed E-state index contributed by atoms with van der Waals surface area (Å²) in [7, 11) is 0. The van der Waals surface area contributed by atoms with Gasteiger partial charge in [0.2, 0.25) is 0 Å². The summed E-state index contributed by atoms with van der Waals surface area (Å²) >= 11 is 19.1. The van der Waals surface area contributed by atoms with Gasteiger partial charge >= 0.3 is 6.03 Å². The summed E-state index contributed by atoms with van der Waals surface area (Å²) in [6, 6.07) is 9.84. The molecule has 1 amide bonds.